The lowest BCUT2D eigenvalue weighted by Gasteiger charge is -2.23. The maximum atomic E-state index is 11.5. The van der Waals surface area contributed by atoms with Gasteiger partial charge in [0.15, 0.2) is 0 Å². The topological polar surface area (TPSA) is 42.4 Å². The summed E-state index contributed by atoms with van der Waals surface area (Å²) in [5.74, 6) is 0.779. The normalized spacial score (nSPS) is 19.3. The van der Waals surface area contributed by atoms with E-state index in [0.717, 1.165) is 24.9 Å². The first-order valence-electron chi connectivity index (χ1n) is 6.47. The Morgan fingerprint density at radius 2 is 2.28 bits per heavy atom. The van der Waals surface area contributed by atoms with Crippen molar-refractivity contribution in [2.75, 3.05) is 6.54 Å². The first-order chi connectivity index (χ1) is 8.58. The lowest BCUT2D eigenvalue weighted by Crippen LogP contribution is -2.28. The van der Waals surface area contributed by atoms with Crippen molar-refractivity contribution in [2.45, 2.75) is 45.8 Å². The minimum atomic E-state index is 0.128. The van der Waals surface area contributed by atoms with Crippen LogP contribution in [0.1, 0.15) is 45.2 Å². The third kappa shape index (κ3) is 2.81. The number of nitrogens with zero attached hydrogens (tertiary/aromatic N) is 2. The number of aromatic nitrogens is 1. The maximum absolute atomic E-state index is 11.5. The number of carbonyl (C=O) groups is 1. The van der Waals surface area contributed by atoms with Gasteiger partial charge in [0.1, 0.15) is 0 Å². The molecule has 0 radical (unpaired) electrons. The molecule has 98 valence electrons. The molecule has 1 aromatic rings. The van der Waals surface area contributed by atoms with E-state index in [2.05, 4.69) is 4.98 Å². The van der Waals surface area contributed by atoms with Gasteiger partial charge in [-0.2, -0.15) is 0 Å². The van der Waals surface area contributed by atoms with Gasteiger partial charge in [0.05, 0.1) is 12.1 Å². The number of ether oxygens (including phenoxy) is 1. The zero-order valence-electron chi connectivity index (χ0n) is 11.2. The smallest absolute Gasteiger partial charge is 0.219 e. The summed E-state index contributed by atoms with van der Waals surface area (Å²) in [6.45, 7) is 6.43. The Hall–Kier alpha value is -1.58. The standard InChI is InChI=1S/C14H20N2O2/c1-10(2)18-14-7-6-12(9-15-14)13-5-4-8-16(13)11(3)17/h6-7,9-10,13H,4-5,8H2,1-3H3/t13-/m0/s1. The monoisotopic (exact) mass is 248 g/mol. The second kappa shape index (κ2) is 5.38. The molecule has 0 saturated carbocycles. The van der Waals surface area contributed by atoms with Crippen LogP contribution >= 0.6 is 0 Å². The minimum Gasteiger partial charge on any atom is -0.475 e. The molecule has 2 heterocycles. The number of hydrogen-bond donors (Lipinski definition) is 0. The Kier molecular flexibility index (Phi) is 3.84. The van der Waals surface area contributed by atoms with Gasteiger partial charge in [0.25, 0.3) is 0 Å². The Labute approximate surface area is 108 Å². The number of likely N-dealkylation sites (tertiary alicyclic amines) is 1. The molecule has 4 nitrogen and oxygen atoms in total. The number of amides is 1. The average Bonchev–Trinajstić information content (AvgIpc) is 2.78. The van der Waals surface area contributed by atoms with Crippen molar-refractivity contribution in [3.8, 4) is 5.88 Å². The van der Waals surface area contributed by atoms with Crippen LogP contribution in [-0.2, 0) is 4.79 Å². The van der Waals surface area contributed by atoms with Gasteiger partial charge in [-0.3, -0.25) is 4.79 Å². The zero-order chi connectivity index (χ0) is 13.1. The van der Waals surface area contributed by atoms with E-state index in [0.29, 0.717) is 5.88 Å². The molecule has 1 aliphatic rings. The van der Waals surface area contributed by atoms with Crippen LogP contribution in [-0.4, -0.2) is 28.4 Å². The third-order valence-corrected chi connectivity index (χ3v) is 3.16. The van der Waals surface area contributed by atoms with Crippen LogP contribution in [0.25, 0.3) is 0 Å². The van der Waals surface area contributed by atoms with Crippen molar-refractivity contribution < 1.29 is 9.53 Å². The van der Waals surface area contributed by atoms with Gasteiger partial charge in [-0.1, -0.05) is 6.07 Å². The highest BCUT2D eigenvalue weighted by Gasteiger charge is 2.27. The highest BCUT2D eigenvalue weighted by Crippen LogP contribution is 2.31. The van der Waals surface area contributed by atoms with E-state index in [1.165, 1.54) is 0 Å². The number of rotatable bonds is 3. The summed E-state index contributed by atoms with van der Waals surface area (Å²) in [7, 11) is 0. The first kappa shape index (κ1) is 12.9. The molecular formula is C14H20N2O2. The van der Waals surface area contributed by atoms with Crippen LogP contribution in [0.5, 0.6) is 5.88 Å². The second-order valence-corrected chi connectivity index (χ2v) is 4.97. The molecule has 0 unspecified atom stereocenters. The largest absolute Gasteiger partial charge is 0.475 e. The molecule has 0 bridgehead atoms. The molecule has 1 amide bonds. The van der Waals surface area contributed by atoms with Gasteiger partial charge in [-0.15, -0.1) is 0 Å². The maximum Gasteiger partial charge on any atom is 0.219 e. The van der Waals surface area contributed by atoms with Gasteiger partial charge in [0, 0.05) is 25.7 Å². The van der Waals surface area contributed by atoms with E-state index < -0.39 is 0 Å². The average molecular weight is 248 g/mol. The fourth-order valence-electron chi connectivity index (χ4n) is 2.39. The molecule has 18 heavy (non-hydrogen) atoms. The highest BCUT2D eigenvalue weighted by atomic mass is 16.5. The predicted octanol–water partition coefficient (Wildman–Crippen LogP) is 2.55. The van der Waals surface area contributed by atoms with Crippen molar-refractivity contribution in [1.82, 2.24) is 9.88 Å². The van der Waals surface area contributed by atoms with Crippen molar-refractivity contribution >= 4 is 5.91 Å². The fourth-order valence-corrected chi connectivity index (χ4v) is 2.39. The quantitative estimate of drug-likeness (QED) is 0.825. The molecule has 1 atom stereocenters. The van der Waals surface area contributed by atoms with E-state index in [-0.39, 0.29) is 18.1 Å². The van der Waals surface area contributed by atoms with Crippen molar-refractivity contribution in [3.63, 3.8) is 0 Å². The summed E-state index contributed by atoms with van der Waals surface area (Å²) < 4.78 is 5.51. The van der Waals surface area contributed by atoms with Crippen molar-refractivity contribution in [3.05, 3.63) is 23.9 Å². The van der Waals surface area contributed by atoms with E-state index >= 15 is 0 Å². The molecule has 0 spiro atoms. The summed E-state index contributed by atoms with van der Waals surface area (Å²) in [5, 5.41) is 0. The Bertz CT molecular complexity index is 414. The molecule has 2 rings (SSSR count). The number of pyridine rings is 1. The Morgan fingerprint density at radius 1 is 1.50 bits per heavy atom. The molecule has 1 fully saturated rings. The lowest BCUT2D eigenvalue weighted by molar-refractivity contribution is -0.129. The van der Waals surface area contributed by atoms with E-state index in [9.17, 15) is 4.79 Å². The number of carbonyl (C=O) groups excluding carboxylic acids is 1. The Morgan fingerprint density at radius 3 is 2.83 bits per heavy atom. The molecule has 0 N–H and O–H groups in total. The van der Waals surface area contributed by atoms with Gasteiger partial charge < -0.3 is 9.64 Å². The van der Waals surface area contributed by atoms with Crippen molar-refractivity contribution in [1.29, 1.82) is 0 Å². The number of hydrogen-bond acceptors (Lipinski definition) is 3. The molecular weight excluding hydrogens is 228 g/mol. The van der Waals surface area contributed by atoms with E-state index in [4.69, 9.17) is 4.74 Å². The van der Waals surface area contributed by atoms with Gasteiger partial charge >= 0.3 is 0 Å². The minimum absolute atomic E-state index is 0.128. The first-order valence-corrected chi connectivity index (χ1v) is 6.47. The van der Waals surface area contributed by atoms with E-state index in [1.54, 1.807) is 6.92 Å². The third-order valence-electron chi connectivity index (χ3n) is 3.16. The summed E-state index contributed by atoms with van der Waals surface area (Å²) in [6, 6.07) is 4.07. The predicted molar refractivity (Wildman–Crippen MR) is 69.4 cm³/mol. The summed E-state index contributed by atoms with van der Waals surface area (Å²) in [6.07, 6.45) is 4.03. The van der Waals surface area contributed by atoms with Crippen LogP contribution in [0.2, 0.25) is 0 Å². The fraction of sp³-hybridized carbons (Fsp3) is 0.571. The summed E-state index contributed by atoms with van der Waals surface area (Å²) in [4.78, 5) is 17.7. The van der Waals surface area contributed by atoms with Gasteiger partial charge in [0.2, 0.25) is 11.8 Å². The van der Waals surface area contributed by atoms with Crippen LogP contribution < -0.4 is 4.74 Å². The van der Waals surface area contributed by atoms with Crippen LogP contribution in [0, 0.1) is 0 Å². The molecule has 1 aliphatic heterocycles. The molecule has 1 saturated heterocycles. The zero-order valence-corrected chi connectivity index (χ0v) is 11.2. The van der Waals surface area contributed by atoms with Crippen LogP contribution in [0.3, 0.4) is 0 Å². The molecule has 4 heteroatoms. The second-order valence-electron chi connectivity index (χ2n) is 4.97. The van der Waals surface area contributed by atoms with Gasteiger partial charge in [-0.25, -0.2) is 4.98 Å². The summed E-state index contributed by atoms with van der Waals surface area (Å²) >= 11 is 0. The van der Waals surface area contributed by atoms with Crippen LogP contribution in [0.15, 0.2) is 18.3 Å². The van der Waals surface area contributed by atoms with Crippen LogP contribution in [0.4, 0.5) is 0 Å². The summed E-state index contributed by atoms with van der Waals surface area (Å²) in [5.41, 5.74) is 1.10. The molecule has 1 aromatic heterocycles. The van der Waals surface area contributed by atoms with E-state index in [1.807, 2.05) is 37.1 Å². The lowest BCUT2D eigenvalue weighted by atomic mass is 10.1. The molecule has 0 aromatic carbocycles. The molecule has 0 aliphatic carbocycles. The van der Waals surface area contributed by atoms with Gasteiger partial charge in [-0.05, 0) is 32.3 Å². The van der Waals surface area contributed by atoms with Crippen molar-refractivity contribution in [2.24, 2.45) is 0 Å². The Balaban J connectivity index is 2.11. The highest BCUT2D eigenvalue weighted by molar-refractivity contribution is 5.74. The SMILES string of the molecule is CC(=O)N1CCC[C@H]1c1ccc(OC(C)C)nc1.